The molecule has 0 atom stereocenters. The van der Waals surface area contributed by atoms with Crippen molar-refractivity contribution in [1.82, 2.24) is 10.2 Å². The minimum atomic E-state index is -0.480. The fraction of sp³-hybridized carbons (Fsp3) is 0.440. The molecule has 10 heteroatoms. The molecule has 0 radical (unpaired) electrons. The summed E-state index contributed by atoms with van der Waals surface area (Å²) in [6, 6.07) is 10.3. The largest absolute Gasteiger partial charge is 0.364 e. The Morgan fingerprint density at radius 3 is 2.49 bits per heavy atom. The van der Waals surface area contributed by atoms with E-state index in [1.165, 1.54) is 24.3 Å². The number of nitro benzene ring substituents is 1. The molecule has 9 nitrogen and oxygen atoms in total. The molecule has 2 aromatic carbocycles. The lowest BCUT2D eigenvalue weighted by Crippen LogP contribution is -2.40. The van der Waals surface area contributed by atoms with Crippen molar-refractivity contribution in [3.63, 3.8) is 0 Å². The molecule has 2 aromatic rings. The van der Waals surface area contributed by atoms with Gasteiger partial charge in [-0.05, 0) is 62.4 Å². The van der Waals surface area contributed by atoms with Crippen molar-refractivity contribution >= 4 is 23.2 Å². The van der Waals surface area contributed by atoms with Crippen molar-refractivity contribution in [2.75, 3.05) is 31.1 Å². The molecule has 2 amide bonds. The van der Waals surface area contributed by atoms with Crippen LogP contribution in [0.25, 0.3) is 0 Å². The molecule has 0 unspecified atom stereocenters. The summed E-state index contributed by atoms with van der Waals surface area (Å²) in [6.45, 7) is 1.71. The molecule has 2 fully saturated rings. The third-order valence-electron chi connectivity index (χ3n) is 6.74. The van der Waals surface area contributed by atoms with Crippen LogP contribution in [-0.2, 0) is 0 Å². The Labute approximate surface area is 203 Å². The number of anilines is 1. The zero-order valence-corrected chi connectivity index (χ0v) is 19.5. The summed E-state index contributed by atoms with van der Waals surface area (Å²) in [6.07, 6.45) is 3.89. The average Bonchev–Trinajstić information content (AvgIpc) is 3.11. The summed E-state index contributed by atoms with van der Waals surface area (Å²) >= 11 is 0. The zero-order valence-electron chi connectivity index (χ0n) is 19.5. The first-order valence-corrected chi connectivity index (χ1v) is 12.0. The number of hydrogen-bond donors (Lipinski definition) is 2. The minimum Gasteiger partial charge on any atom is -0.364 e. The average molecular weight is 484 g/mol. The van der Waals surface area contributed by atoms with Gasteiger partial charge in [0, 0.05) is 55.5 Å². The fourth-order valence-corrected chi connectivity index (χ4v) is 4.78. The van der Waals surface area contributed by atoms with Crippen molar-refractivity contribution in [3.8, 4) is 0 Å². The first kappa shape index (κ1) is 24.6. The van der Waals surface area contributed by atoms with E-state index in [0.29, 0.717) is 38.3 Å². The van der Waals surface area contributed by atoms with Crippen LogP contribution in [0.4, 0.5) is 15.8 Å². The van der Waals surface area contributed by atoms with Crippen molar-refractivity contribution in [1.29, 1.82) is 0 Å². The standard InChI is InChI=1S/C25H30FN5O4/c26-19-4-1-3-18(15-19)25(33)30-12-2-11-29(13-14-30)22-10-5-17(16-23(22)31(34)35)24(32)28-21-8-6-20(27)7-9-21/h1,3-5,10,15-16,20-21H,2,6-9,11-14,27H2,(H,28,32). The van der Waals surface area contributed by atoms with E-state index in [-0.39, 0.29) is 40.7 Å². The number of benzene rings is 2. The number of nitro groups is 1. The molecule has 4 rings (SSSR count). The Bertz CT molecular complexity index is 1100. The Morgan fingerprint density at radius 1 is 1.00 bits per heavy atom. The van der Waals surface area contributed by atoms with Crippen LogP contribution in [0.5, 0.6) is 0 Å². The summed E-state index contributed by atoms with van der Waals surface area (Å²) < 4.78 is 13.5. The molecule has 2 aliphatic rings. The lowest BCUT2D eigenvalue weighted by molar-refractivity contribution is -0.384. The summed E-state index contributed by atoms with van der Waals surface area (Å²) in [5, 5.41) is 14.8. The van der Waals surface area contributed by atoms with Gasteiger partial charge in [-0.1, -0.05) is 6.07 Å². The SMILES string of the molecule is NC1CCC(NC(=O)c2ccc(N3CCCN(C(=O)c4cccc(F)c4)CC3)c([N+](=O)[O-])c2)CC1. The van der Waals surface area contributed by atoms with Gasteiger partial charge in [0.15, 0.2) is 0 Å². The highest BCUT2D eigenvalue weighted by molar-refractivity contribution is 5.96. The number of nitrogens with one attached hydrogen (secondary N) is 1. The van der Waals surface area contributed by atoms with Gasteiger partial charge in [-0.15, -0.1) is 0 Å². The molecule has 186 valence electrons. The van der Waals surface area contributed by atoms with E-state index in [1.807, 2.05) is 4.90 Å². The minimum absolute atomic E-state index is 0.0215. The normalized spacial score (nSPS) is 20.7. The zero-order chi connectivity index (χ0) is 24.9. The molecule has 0 bridgehead atoms. The summed E-state index contributed by atoms with van der Waals surface area (Å²) in [5.74, 6) is -1.07. The maximum atomic E-state index is 13.5. The first-order chi connectivity index (χ1) is 16.8. The van der Waals surface area contributed by atoms with Crippen LogP contribution in [0.1, 0.15) is 52.8 Å². The molecule has 1 aliphatic heterocycles. The maximum absolute atomic E-state index is 13.5. The fourth-order valence-electron chi connectivity index (χ4n) is 4.78. The van der Waals surface area contributed by atoms with E-state index >= 15 is 0 Å². The summed E-state index contributed by atoms with van der Waals surface area (Å²) in [5.41, 5.74) is 6.71. The molecule has 3 N–H and O–H groups in total. The number of carbonyl (C=O) groups is 2. The van der Waals surface area contributed by atoms with Crippen LogP contribution >= 0.6 is 0 Å². The van der Waals surface area contributed by atoms with Gasteiger partial charge in [0.1, 0.15) is 11.5 Å². The number of hydrogen-bond acceptors (Lipinski definition) is 6. The van der Waals surface area contributed by atoms with E-state index in [4.69, 9.17) is 5.73 Å². The number of amides is 2. The van der Waals surface area contributed by atoms with Gasteiger partial charge in [-0.2, -0.15) is 0 Å². The second kappa shape index (κ2) is 10.8. The molecule has 35 heavy (non-hydrogen) atoms. The van der Waals surface area contributed by atoms with Crippen molar-refractivity contribution < 1.29 is 18.9 Å². The molecule has 0 spiro atoms. The van der Waals surface area contributed by atoms with E-state index in [2.05, 4.69) is 5.32 Å². The van der Waals surface area contributed by atoms with Crippen molar-refractivity contribution in [3.05, 3.63) is 69.5 Å². The number of nitrogens with zero attached hydrogens (tertiary/aromatic N) is 3. The van der Waals surface area contributed by atoms with Crippen LogP contribution in [0.15, 0.2) is 42.5 Å². The molecular weight excluding hydrogens is 453 g/mol. The van der Waals surface area contributed by atoms with E-state index in [1.54, 1.807) is 23.1 Å². The molecule has 1 aliphatic carbocycles. The van der Waals surface area contributed by atoms with Gasteiger partial charge < -0.3 is 20.9 Å². The Morgan fingerprint density at radius 2 is 1.77 bits per heavy atom. The van der Waals surface area contributed by atoms with E-state index in [0.717, 1.165) is 25.7 Å². The third-order valence-corrected chi connectivity index (χ3v) is 6.74. The van der Waals surface area contributed by atoms with E-state index < -0.39 is 10.7 Å². The Hall–Kier alpha value is -3.53. The van der Waals surface area contributed by atoms with Gasteiger partial charge in [0.05, 0.1) is 4.92 Å². The first-order valence-electron chi connectivity index (χ1n) is 12.0. The van der Waals surface area contributed by atoms with Gasteiger partial charge in [0.25, 0.3) is 17.5 Å². The molecular formula is C25H30FN5O4. The third kappa shape index (κ3) is 5.94. The second-order valence-electron chi connectivity index (χ2n) is 9.19. The van der Waals surface area contributed by atoms with Gasteiger partial charge >= 0.3 is 0 Å². The highest BCUT2D eigenvalue weighted by Crippen LogP contribution is 2.30. The lowest BCUT2D eigenvalue weighted by atomic mass is 9.91. The molecule has 1 saturated heterocycles. The summed E-state index contributed by atoms with van der Waals surface area (Å²) in [4.78, 5) is 40.4. The number of nitrogens with two attached hydrogens (primary N) is 1. The predicted octanol–water partition coefficient (Wildman–Crippen LogP) is 3.09. The van der Waals surface area contributed by atoms with Gasteiger partial charge in [-0.25, -0.2) is 4.39 Å². The summed E-state index contributed by atoms with van der Waals surface area (Å²) in [7, 11) is 0. The van der Waals surface area contributed by atoms with Crippen molar-refractivity contribution in [2.24, 2.45) is 5.73 Å². The highest BCUT2D eigenvalue weighted by atomic mass is 19.1. The van der Waals surface area contributed by atoms with Crippen LogP contribution < -0.4 is 16.0 Å². The van der Waals surface area contributed by atoms with Crippen LogP contribution in [0.3, 0.4) is 0 Å². The quantitative estimate of drug-likeness (QED) is 0.498. The van der Waals surface area contributed by atoms with E-state index in [9.17, 15) is 24.1 Å². The van der Waals surface area contributed by atoms with Gasteiger partial charge in [-0.3, -0.25) is 19.7 Å². The monoisotopic (exact) mass is 483 g/mol. The van der Waals surface area contributed by atoms with Gasteiger partial charge in [0.2, 0.25) is 0 Å². The topological polar surface area (TPSA) is 122 Å². The van der Waals surface area contributed by atoms with Crippen LogP contribution in [0.2, 0.25) is 0 Å². The second-order valence-corrected chi connectivity index (χ2v) is 9.19. The Balaban J connectivity index is 1.45. The highest BCUT2D eigenvalue weighted by Gasteiger charge is 2.27. The number of halogens is 1. The van der Waals surface area contributed by atoms with Crippen molar-refractivity contribution in [2.45, 2.75) is 44.2 Å². The Kier molecular flexibility index (Phi) is 7.60. The molecule has 1 saturated carbocycles. The maximum Gasteiger partial charge on any atom is 0.293 e. The molecule has 0 aromatic heterocycles. The lowest BCUT2D eigenvalue weighted by Gasteiger charge is -2.27. The predicted molar refractivity (Wildman–Crippen MR) is 130 cm³/mol. The number of carbonyl (C=O) groups excluding carboxylic acids is 2. The smallest absolute Gasteiger partial charge is 0.293 e. The van der Waals surface area contributed by atoms with Crippen LogP contribution in [-0.4, -0.2) is 59.9 Å². The van der Waals surface area contributed by atoms with Crippen LogP contribution in [0, 0.1) is 15.9 Å². The molecule has 1 heterocycles. The number of rotatable bonds is 5.